The number of nitrogens with one attached hydrogen (secondary N) is 3. The first-order chi connectivity index (χ1) is 12.1. The van der Waals surface area contributed by atoms with E-state index in [9.17, 15) is 0 Å². The van der Waals surface area contributed by atoms with Crippen LogP contribution in [-0.4, -0.2) is 33.6 Å². The lowest BCUT2D eigenvalue weighted by Crippen LogP contribution is -2.43. The summed E-state index contributed by atoms with van der Waals surface area (Å²) >= 11 is 7.10. The topological polar surface area (TPSA) is 74.2 Å². The van der Waals surface area contributed by atoms with Crippen LogP contribution in [0.15, 0.2) is 28.6 Å². The van der Waals surface area contributed by atoms with E-state index in [2.05, 4.69) is 48.4 Å². The second-order valence-electron chi connectivity index (χ2n) is 6.03. The van der Waals surface area contributed by atoms with Gasteiger partial charge in [-0.2, -0.15) is 0 Å². The molecular weight excluding hydrogens is 352 g/mol. The maximum absolute atomic E-state index is 5.36. The third-order valence-electron chi connectivity index (χ3n) is 3.57. The molecule has 0 aromatic carbocycles. The zero-order valence-corrected chi connectivity index (χ0v) is 16.0. The molecule has 0 unspecified atom stereocenters. The predicted molar refractivity (Wildman–Crippen MR) is 107 cm³/mol. The summed E-state index contributed by atoms with van der Waals surface area (Å²) in [5.74, 6) is 1.09. The van der Waals surface area contributed by atoms with Crippen LogP contribution in [0.3, 0.4) is 0 Å². The number of hydrogen-bond donors (Lipinski definition) is 3. The van der Waals surface area contributed by atoms with Crippen LogP contribution in [0, 0.1) is 13.8 Å². The molecule has 1 fully saturated rings. The lowest BCUT2D eigenvalue weighted by atomic mass is 10.3. The molecule has 0 saturated heterocycles. The fourth-order valence-corrected chi connectivity index (χ4v) is 3.25. The van der Waals surface area contributed by atoms with Gasteiger partial charge in [-0.1, -0.05) is 6.07 Å². The smallest absolute Gasteiger partial charge is 0.229 e. The molecule has 132 valence electrons. The van der Waals surface area contributed by atoms with Gasteiger partial charge in [0, 0.05) is 35.3 Å². The standard InChI is InChI=1S/C17H22N6S2/c1-11-10-12(2)20-16(19-11)22-15(23-17(24)21-13-5-6-13)18-8-7-14-4-3-9-25-14/h3-4,9-10,13H,5-8H2,1-2H3,(H3,18,19,20,21,22,23,24). The van der Waals surface area contributed by atoms with E-state index in [1.807, 2.05) is 19.9 Å². The highest BCUT2D eigenvalue weighted by molar-refractivity contribution is 7.80. The molecule has 2 aromatic heterocycles. The van der Waals surface area contributed by atoms with E-state index in [-0.39, 0.29) is 0 Å². The second-order valence-corrected chi connectivity index (χ2v) is 7.47. The van der Waals surface area contributed by atoms with E-state index in [0.29, 0.717) is 29.6 Å². The van der Waals surface area contributed by atoms with Crippen molar-refractivity contribution < 1.29 is 0 Å². The number of anilines is 1. The Morgan fingerprint density at radius 2 is 2.08 bits per heavy atom. The molecular formula is C17H22N6S2. The van der Waals surface area contributed by atoms with Crippen LogP contribution < -0.4 is 16.0 Å². The average molecular weight is 375 g/mol. The number of thiophene rings is 1. The summed E-state index contributed by atoms with van der Waals surface area (Å²) in [5, 5.41) is 12.2. The maximum Gasteiger partial charge on any atom is 0.229 e. The quantitative estimate of drug-likeness (QED) is 0.425. The minimum absolute atomic E-state index is 0.491. The zero-order chi connectivity index (χ0) is 17.6. The van der Waals surface area contributed by atoms with Crippen LogP contribution in [0.25, 0.3) is 0 Å². The largest absolute Gasteiger partial charge is 0.360 e. The monoisotopic (exact) mass is 374 g/mol. The van der Waals surface area contributed by atoms with Gasteiger partial charge in [0.25, 0.3) is 0 Å². The van der Waals surface area contributed by atoms with E-state index >= 15 is 0 Å². The summed E-state index contributed by atoms with van der Waals surface area (Å²) in [7, 11) is 0. The van der Waals surface area contributed by atoms with Gasteiger partial charge in [0.05, 0.1) is 0 Å². The van der Waals surface area contributed by atoms with Gasteiger partial charge in [-0.05, 0) is 56.4 Å². The van der Waals surface area contributed by atoms with Crippen LogP contribution in [0.1, 0.15) is 29.1 Å². The molecule has 0 radical (unpaired) electrons. The number of aromatic nitrogens is 2. The van der Waals surface area contributed by atoms with Gasteiger partial charge in [-0.3, -0.25) is 10.3 Å². The molecule has 25 heavy (non-hydrogen) atoms. The lowest BCUT2D eigenvalue weighted by Gasteiger charge is -2.14. The molecule has 8 heteroatoms. The molecule has 3 rings (SSSR count). The molecule has 1 aliphatic rings. The Labute approximate surface area is 157 Å². The number of aliphatic imine (C=N–C) groups is 1. The molecule has 2 aromatic rings. The highest BCUT2D eigenvalue weighted by atomic mass is 32.1. The minimum Gasteiger partial charge on any atom is -0.360 e. The second kappa shape index (κ2) is 8.35. The summed E-state index contributed by atoms with van der Waals surface area (Å²) in [6, 6.07) is 6.60. The summed E-state index contributed by atoms with van der Waals surface area (Å²) in [6.07, 6.45) is 3.22. The molecule has 1 saturated carbocycles. The Hall–Kier alpha value is -2.06. The van der Waals surface area contributed by atoms with E-state index in [4.69, 9.17) is 12.2 Å². The Morgan fingerprint density at radius 3 is 2.72 bits per heavy atom. The van der Waals surface area contributed by atoms with Gasteiger partial charge in [-0.15, -0.1) is 11.3 Å². The molecule has 0 spiro atoms. The fourth-order valence-electron chi connectivity index (χ4n) is 2.29. The first-order valence-electron chi connectivity index (χ1n) is 8.32. The minimum atomic E-state index is 0.491. The first-order valence-corrected chi connectivity index (χ1v) is 9.61. The van der Waals surface area contributed by atoms with Gasteiger partial charge in [-0.25, -0.2) is 9.97 Å². The molecule has 0 atom stereocenters. The molecule has 0 aliphatic heterocycles. The third kappa shape index (κ3) is 6.06. The van der Waals surface area contributed by atoms with Crippen LogP contribution >= 0.6 is 23.6 Å². The molecule has 0 bridgehead atoms. The van der Waals surface area contributed by atoms with Gasteiger partial charge < -0.3 is 10.6 Å². The molecule has 6 nitrogen and oxygen atoms in total. The Balaban J connectivity index is 1.66. The van der Waals surface area contributed by atoms with Gasteiger partial charge >= 0.3 is 0 Å². The SMILES string of the molecule is Cc1cc(C)nc(NC(=NCCc2cccs2)NC(=S)NC2CC2)n1. The number of aryl methyl sites for hydroxylation is 2. The van der Waals surface area contributed by atoms with Gasteiger partial charge in [0.1, 0.15) is 0 Å². The zero-order valence-electron chi connectivity index (χ0n) is 14.4. The van der Waals surface area contributed by atoms with E-state index in [0.717, 1.165) is 17.8 Å². The van der Waals surface area contributed by atoms with Crippen molar-refractivity contribution in [1.29, 1.82) is 0 Å². The van der Waals surface area contributed by atoms with Crippen molar-refractivity contribution >= 4 is 40.6 Å². The normalized spacial score (nSPS) is 14.2. The predicted octanol–water partition coefficient (Wildman–Crippen LogP) is 2.79. The Bertz CT molecular complexity index is 732. The summed E-state index contributed by atoms with van der Waals surface area (Å²) in [6.45, 7) is 4.55. The number of rotatable bonds is 5. The van der Waals surface area contributed by atoms with Crippen molar-refractivity contribution in [3.8, 4) is 0 Å². The van der Waals surface area contributed by atoms with Crippen molar-refractivity contribution in [3.63, 3.8) is 0 Å². The maximum atomic E-state index is 5.36. The fraction of sp³-hybridized carbons (Fsp3) is 0.412. The van der Waals surface area contributed by atoms with Crippen LogP contribution in [0.4, 0.5) is 5.95 Å². The number of hydrogen-bond acceptors (Lipinski definition) is 5. The summed E-state index contributed by atoms with van der Waals surface area (Å²) in [4.78, 5) is 14.7. The van der Waals surface area contributed by atoms with Crippen molar-refractivity contribution in [2.24, 2.45) is 4.99 Å². The summed E-state index contributed by atoms with van der Waals surface area (Å²) in [5.41, 5.74) is 1.82. The van der Waals surface area contributed by atoms with Crippen molar-refractivity contribution in [2.75, 3.05) is 11.9 Å². The van der Waals surface area contributed by atoms with Crippen LogP contribution in [0.5, 0.6) is 0 Å². The average Bonchev–Trinajstić information content (AvgIpc) is 3.18. The number of thiocarbonyl (C=S) groups is 1. The molecule has 3 N–H and O–H groups in total. The van der Waals surface area contributed by atoms with E-state index in [1.54, 1.807) is 11.3 Å². The summed E-state index contributed by atoms with van der Waals surface area (Å²) < 4.78 is 0. The van der Waals surface area contributed by atoms with E-state index in [1.165, 1.54) is 17.7 Å². The van der Waals surface area contributed by atoms with Crippen LogP contribution in [0.2, 0.25) is 0 Å². The first kappa shape index (κ1) is 17.8. The lowest BCUT2D eigenvalue weighted by molar-refractivity contribution is 0.895. The number of guanidine groups is 1. The van der Waals surface area contributed by atoms with Crippen LogP contribution in [-0.2, 0) is 6.42 Å². The van der Waals surface area contributed by atoms with Gasteiger partial charge in [0.2, 0.25) is 11.9 Å². The van der Waals surface area contributed by atoms with Crippen molar-refractivity contribution in [1.82, 2.24) is 20.6 Å². The molecule has 2 heterocycles. The van der Waals surface area contributed by atoms with E-state index < -0.39 is 0 Å². The Kier molecular flexibility index (Phi) is 5.93. The van der Waals surface area contributed by atoms with Gasteiger partial charge in [0.15, 0.2) is 5.11 Å². The van der Waals surface area contributed by atoms with Crippen molar-refractivity contribution in [2.45, 2.75) is 39.2 Å². The number of nitrogens with zero attached hydrogens (tertiary/aromatic N) is 3. The highest BCUT2D eigenvalue weighted by Crippen LogP contribution is 2.18. The highest BCUT2D eigenvalue weighted by Gasteiger charge is 2.22. The molecule has 0 amide bonds. The Morgan fingerprint density at radius 1 is 1.32 bits per heavy atom. The van der Waals surface area contributed by atoms with Crippen molar-refractivity contribution in [3.05, 3.63) is 39.8 Å². The third-order valence-corrected chi connectivity index (χ3v) is 4.72. The molecule has 1 aliphatic carbocycles.